The monoisotopic (exact) mass is 312 g/mol. The summed E-state index contributed by atoms with van der Waals surface area (Å²) in [6, 6.07) is 2.57. The Morgan fingerprint density at radius 3 is 2.68 bits per heavy atom. The van der Waals surface area contributed by atoms with E-state index in [4.69, 9.17) is 9.84 Å². The predicted molar refractivity (Wildman–Crippen MR) is 74.5 cm³/mol. The van der Waals surface area contributed by atoms with E-state index in [1.165, 1.54) is 13.1 Å². The molecule has 2 N–H and O–H groups in total. The van der Waals surface area contributed by atoms with Gasteiger partial charge in [-0.2, -0.15) is 9.36 Å². The van der Waals surface area contributed by atoms with E-state index in [-0.39, 0.29) is 18.0 Å². The molecule has 0 bridgehead atoms. The van der Waals surface area contributed by atoms with Crippen molar-refractivity contribution in [2.45, 2.75) is 19.4 Å². The van der Waals surface area contributed by atoms with Crippen LogP contribution in [0.3, 0.4) is 0 Å². The second-order valence-electron chi connectivity index (χ2n) is 4.71. The van der Waals surface area contributed by atoms with Crippen LogP contribution in [0.1, 0.15) is 12.5 Å². The number of hydrogen-bond donors (Lipinski definition) is 2. The molecule has 8 nitrogen and oxygen atoms in total. The third kappa shape index (κ3) is 3.15. The zero-order chi connectivity index (χ0) is 16.3. The molecule has 22 heavy (non-hydrogen) atoms. The molecule has 0 saturated carbocycles. The molecule has 0 fully saturated rings. The predicted octanol–water partition coefficient (Wildman–Crippen LogP) is -0.601. The van der Waals surface area contributed by atoms with Crippen LogP contribution >= 0.6 is 0 Å². The highest BCUT2D eigenvalue weighted by molar-refractivity contribution is 5.49. The average molecular weight is 312 g/mol. The quantitative estimate of drug-likeness (QED) is 0.738. The number of ether oxygens (including phenoxy) is 1. The van der Waals surface area contributed by atoms with Gasteiger partial charge < -0.3 is 14.9 Å². The van der Waals surface area contributed by atoms with Crippen molar-refractivity contribution in [1.82, 2.24) is 19.8 Å². The summed E-state index contributed by atoms with van der Waals surface area (Å²) in [5, 5.41) is 25.4. The highest BCUT2D eigenvalue weighted by Crippen LogP contribution is 2.26. The third-order valence-electron chi connectivity index (χ3n) is 3.10. The first-order valence-electron chi connectivity index (χ1n) is 6.71. The van der Waals surface area contributed by atoms with Crippen molar-refractivity contribution in [2.75, 3.05) is 13.2 Å². The Hall–Kier alpha value is -2.26. The Morgan fingerprint density at radius 2 is 2.14 bits per heavy atom. The molecule has 1 unspecified atom stereocenters. The lowest BCUT2D eigenvalue weighted by Gasteiger charge is -2.14. The molecule has 0 spiro atoms. The Kier molecular flexibility index (Phi) is 4.88. The van der Waals surface area contributed by atoms with Gasteiger partial charge in [0.2, 0.25) is 0 Å². The van der Waals surface area contributed by atoms with Crippen molar-refractivity contribution >= 4 is 0 Å². The molecule has 0 aliphatic carbocycles. The molecule has 0 aliphatic heterocycles. The van der Waals surface area contributed by atoms with Gasteiger partial charge in [0.25, 0.3) is 0 Å². The van der Waals surface area contributed by atoms with Gasteiger partial charge in [-0.05, 0) is 28.5 Å². The summed E-state index contributed by atoms with van der Waals surface area (Å²) in [4.78, 5) is 12.0. The lowest BCUT2D eigenvalue weighted by molar-refractivity contribution is 0.0534. The molecule has 0 saturated heterocycles. The molecule has 0 radical (unpaired) electrons. The molecular weight excluding hydrogens is 295 g/mol. The largest absolute Gasteiger partial charge is 0.488 e. The normalized spacial score (nSPS) is 12.4. The number of nitrogens with zero attached hydrogens (tertiary/aromatic N) is 4. The number of halogens is 1. The van der Waals surface area contributed by atoms with E-state index < -0.39 is 24.2 Å². The second-order valence-corrected chi connectivity index (χ2v) is 4.71. The van der Waals surface area contributed by atoms with Crippen LogP contribution in [-0.2, 0) is 13.5 Å². The Balaban J connectivity index is 2.49. The van der Waals surface area contributed by atoms with E-state index >= 15 is 0 Å². The van der Waals surface area contributed by atoms with Crippen molar-refractivity contribution in [3.05, 3.63) is 34.0 Å². The molecule has 1 aromatic heterocycles. The molecular formula is C13H17FN4O4. The van der Waals surface area contributed by atoms with Gasteiger partial charge in [0.05, 0.1) is 6.61 Å². The zero-order valence-electron chi connectivity index (χ0n) is 12.2. The van der Waals surface area contributed by atoms with Crippen molar-refractivity contribution < 1.29 is 19.3 Å². The van der Waals surface area contributed by atoms with Crippen LogP contribution < -0.4 is 10.4 Å². The van der Waals surface area contributed by atoms with E-state index in [2.05, 4.69) is 10.4 Å². The molecule has 1 heterocycles. The van der Waals surface area contributed by atoms with Gasteiger partial charge in [0, 0.05) is 13.1 Å². The molecule has 1 aromatic carbocycles. The minimum Gasteiger partial charge on any atom is -0.488 e. The van der Waals surface area contributed by atoms with Crippen molar-refractivity contribution in [3.8, 4) is 11.4 Å². The number of hydrogen-bond acceptors (Lipinski definition) is 6. The lowest BCUT2D eigenvalue weighted by atomic mass is 10.1. The minimum absolute atomic E-state index is 0.0322. The van der Waals surface area contributed by atoms with Crippen LogP contribution in [0.4, 0.5) is 4.39 Å². The zero-order valence-corrected chi connectivity index (χ0v) is 12.2. The maximum Gasteiger partial charge on any atom is 0.368 e. The first-order valence-corrected chi connectivity index (χ1v) is 6.71. The van der Waals surface area contributed by atoms with Gasteiger partial charge in [0.15, 0.2) is 0 Å². The van der Waals surface area contributed by atoms with E-state index in [9.17, 15) is 14.3 Å². The third-order valence-corrected chi connectivity index (χ3v) is 3.10. The van der Waals surface area contributed by atoms with Crippen molar-refractivity contribution in [1.29, 1.82) is 0 Å². The van der Waals surface area contributed by atoms with E-state index in [1.807, 2.05) is 0 Å². The van der Waals surface area contributed by atoms with Crippen LogP contribution in [0.25, 0.3) is 5.69 Å². The van der Waals surface area contributed by atoms with E-state index in [0.29, 0.717) is 12.0 Å². The van der Waals surface area contributed by atoms with Gasteiger partial charge in [-0.1, -0.05) is 6.92 Å². The summed E-state index contributed by atoms with van der Waals surface area (Å²) in [5.41, 5.74) is 0.102. The Morgan fingerprint density at radius 1 is 1.41 bits per heavy atom. The highest BCUT2D eigenvalue weighted by Gasteiger charge is 2.17. The Labute approximate surface area is 125 Å². The van der Waals surface area contributed by atoms with Gasteiger partial charge in [-0.3, -0.25) is 0 Å². The molecule has 2 rings (SSSR count). The number of rotatable bonds is 6. The number of aliphatic hydroxyl groups excluding tert-OH is 2. The number of aromatic nitrogens is 4. The fourth-order valence-corrected chi connectivity index (χ4v) is 1.84. The molecule has 9 heteroatoms. The maximum atomic E-state index is 13.9. The summed E-state index contributed by atoms with van der Waals surface area (Å²) in [6.07, 6.45) is -0.687. The van der Waals surface area contributed by atoms with Crippen LogP contribution in [0.2, 0.25) is 0 Å². The Bertz CT molecular complexity index is 713. The van der Waals surface area contributed by atoms with Gasteiger partial charge in [-0.25, -0.2) is 9.18 Å². The second kappa shape index (κ2) is 6.67. The number of aliphatic hydroxyl groups is 2. The lowest BCUT2D eigenvalue weighted by Crippen LogP contribution is -2.25. The smallest absolute Gasteiger partial charge is 0.368 e. The topological polar surface area (TPSA) is 102 Å². The maximum absolute atomic E-state index is 13.9. The van der Waals surface area contributed by atoms with E-state index in [0.717, 1.165) is 15.4 Å². The summed E-state index contributed by atoms with van der Waals surface area (Å²) >= 11 is 0. The highest BCUT2D eigenvalue weighted by atomic mass is 19.1. The number of benzene rings is 1. The summed E-state index contributed by atoms with van der Waals surface area (Å²) in [7, 11) is 1.44. The van der Waals surface area contributed by atoms with E-state index in [1.54, 1.807) is 6.92 Å². The van der Waals surface area contributed by atoms with Gasteiger partial charge in [-0.15, -0.1) is 0 Å². The van der Waals surface area contributed by atoms with Gasteiger partial charge in [0.1, 0.15) is 30.0 Å². The van der Waals surface area contributed by atoms with Crippen molar-refractivity contribution in [2.24, 2.45) is 7.05 Å². The van der Waals surface area contributed by atoms with Crippen molar-refractivity contribution in [3.63, 3.8) is 0 Å². The van der Waals surface area contributed by atoms with Crippen LogP contribution in [0.5, 0.6) is 5.75 Å². The molecule has 1 atom stereocenters. The van der Waals surface area contributed by atoms with Crippen LogP contribution in [0.15, 0.2) is 16.9 Å². The van der Waals surface area contributed by atoms with Gasteiger partial charge >= 0.3 is 5.69 Å². The first kappa shape index (κ1) is 16.1. The van der Waals surface area contributed by atoms with Crippen LogP contribution in [-0.4, -0.2) is 49.3 Å². The SMILES string of the molecule is CCc1cc(-n2nnn(C)c2=O)c(OCC(O)CO)cc1F. The molecule has 0 amide bonds. The summed E-state index contributed by atoms with van der Waals surface area (Å²) in [5.74, 6) is -0.457. The fourth-order valence-electron chi connectivity index (χ4n) is 1.84. The molecule has 0 aliphatic rings. The number of aryl methyl sites for hydroxylation is 2. The molecule has 120 valence electrons. The average Bonchev–Trinajstić information content (AvgIpc) is 2.84. The number of tetrazole rings is 1. The summed E-state index contributed by atoms with van der Waals surface area (Å²) < 4.78 is 21.3. The van der Waals surface area contributed by atoms with Crippen LogP contribution in [0, 0.1) is 5.82 Å². The fraction of sp³-hybridized carbons (Fsp3) is 0.462. The molecule has 2 aromatic rings. The standard InChI is InChI=1S/C13H17FN4O4/c1-3-8-4-11(18-13(21)17(2)15-16-18)12(5-10(8)14)22-7-9(20)6-19/h4-5,9,19-20H,3,6-7H2,1-2H3. The minimum atomic E-state index is -1.11. The first-order chi connectivity index (χ1) is 10.5. The summed E-state index contributed by atoms with van der Waals surface area (Å²) in [6.45, 7) is 1.04.